The summed E-state index contributed by atoms with van der Waals surface area (Å²) in [5.41, 5.74) is 1.72. The van der Waals surface area contributed by atoms with Gasteiger partial charge in [-0.05, 0) is 63.5 Å². The zero-order chi connectivity index (χ0) is 20.7. The number of methoxy groups -OCH3 is 3. The van der Waals surface area contributed by atoms with Crippen molar-refractivity contribution in [2.75, 3.05) is 27.9 Å². The molecular formula is C20H18BrNO6. The topological polar surface area (TPSA) is 98.0 Å². The molecule has 0 bridgehead atoms. The number of aliphatic carboxylic acids is 1. The number of ether oxygens (including phenoxy) is 4. The lowest BCUT2D eigenvalue weighted by Gasteiger charge is -2.13. The second kappa shape index (κ2) is 9.67. The van der Waals surface area contributed by atoms with Crippen LogP contribution in [0.4, 0.5) is 0 Å². The molecule has 0 spiro atoms. The van der Waals surface area contributed by atoms with Gasteiger partial charge in [0.05, 0.1) is 37.4 Å². The minimum Gasteiger partial charge on any atom is -0.493 e. The fourth-order valence-electron chi connectivity index (χ4n) is 2.45. The summed E-state index contributed by atoms with van der Waals surface area (Å²) in [5, 5.41) is 18.4. The van der Waals surface area contributed by atoms with E-state index < -0.39 is 12.6 Å². The van der Waals surface area contributed by atoms with Gasteiger partial charge in [-0.15, -0.1) is 0 Å². The van der Waals surface area contributed by atoms with Crippen LogP contribution in [0, 0.1) is 11.3 Å². The fraction of sp³-hybridized carbons (Fsp3) is 0.200. The van der Waals surface area contributed by atoms with Crippen LogP contribution in [0.3, 0.4) is 0 Å². The van der Waals surface area contributed by atoms with Crippen LogP contribution in [0.2, 0.25) is 0 Å². The van der Waals surface area contributed by atoms with Crippen LogP contribution >= 0.6 is 15.9 Å². The molecule has 8 heteroatoms. The quantitative estimate of drug-likeness (QED) is 0.482. The third-order valence-electron chi connectivity index (χ3n) is 3.72. The molecule has 146 valence electrons. The summed E-state index contributed by atoms with van der Waals surface area (Å²) in [4.78, 5) is 10.7. The van der Waals surface area contributed by atoms with E-state index in [1.807, 2.05) is 0 Å². The number of carboxylic acid groups (broad SMARTS) is 1. The predicted octanol–water partition coefficient (Wildman–Crippen LogP) is 4.00. The number of rotatable bonds is 8. The van der Waals surface area contributed by atoms with Gasteiger partial charge in [-0.1, -0.05) is 0 Å². The molecule has 7 nitrogen and oxygen atoms in total. The molecule has 0 saturated carbocycles. The van der Waals surface area contributed by atoms with Gasteiger partial charge in [0.15, 0.2) is 29.6 Å². The molecule has 2 rings (SSSR count). The molecule has 0 atom stereocenters. The standard InChI is InChI=1S/C20H18BrNO6/c1-25-16-5-4-13(9-17(16)26-2)14(10-22)6-12-7-15(21)20(18(8-12)27-3)28-11-19(23)24/h4-9H,11H2,1-3H3,(H,23,24)/b14-6+. The summed E-state index contributed by atoms with van der Waals surface area (Å²) >= 11 is 3.35. The van der Waals surface area contributed by atoms with Crippen LogP contribution in [0.25, 0.3) is 11.6 Å². The van der Waals surface area contributed by atoms with Crippen molar-refractivity contribution >= 4 is 33.5 Å². The normalized spacial score (nSPS) is 10.8. The van der Waals surface area contributed by atoms with Crippen LogP contribution in [0.15, 0.2) is 34.8 Å². The summed E-state index contributed by atoms with van der Waals surface area (Å²) in [7, 11) is 4.51. The Morgan fingerprint density at radius 3 is 2.36 bits per heavy atom. The number of halogens is 1. The van der Waals surface area contributed by atoms with E-state index in [0.29, 0.717) is 38.4 Å². The minimum absolute atomic E-state index is 0.270. The molecule has 2 aromatic carbocycles. The maximum atomic E-state index is 10.7. The fourth-order valence-corrected chi connectivity index (χ4v) is 3.02. The van der Waals surface area contributed by atoms with E-state index in [0.717, 1.165) is 0 Å². The van der Waals surface area contributed by atoms with Gasteiger partial charge in [0.1, 0.15) is 0 Å². The van der Waals surface area contributed by atoms with Gasteiger partial charge >= 0.3 is 5.97 Å². The number of allylic oxidation sites excluding steroid dienone is 1. The molecule has 2 aromatic rings. The van der Waals surface area contributed by atoms with Crippen LogP contribution < -0.4 is 18.9 Å². The number of benzene rings is 2. The van der Waals surface area contributed by atoms with E-state index in [1.54, 1.807) is 36.4 Å². The van der Waals surface area contributed by atoms with Crippen molar-refractivity contribution in [2.24, 2.45) is 0 Å². The van der Waals surface area contributed by atoms with Gasteiger partial charge in [-0.25, -0.2) is 4.79 Å². The Balaban J connectivity index is 2.46. The third-order valence-corrected chi connectivity index (χ3v) is 4.31. The number of carboxylic acids is 1. The Bertz CT molecular complexity index is 948. The molecule has 0 amide bonds. The van der Waals surface area contributed by atoms with E-state index in [2.05, 4.69) is 22.0 Å². The monoisotopic (exact) mass is 447 g/mol. The Hall–Kier alpha value is -3.18. The summed E-state index contributed by atoms with van der Waals surface area (Å²) in [5.74, 6) is 0.585. The third kappa shape index (κ3) is 4.96. The first-order valence-electron chi connectivity index (χ1n) is 7.99. The lowest BCUT2D eigenvalue weighted by molar-refractivity contribution is -0.139. The lowest BCUT2D eigenvalue weighted by Crippen LogP contribution is -2.10. The zero-order valence-corrected chi connectivity index (χ0v) is 17.1. The molecule has 0 aromatic heterocycles. The summed E-state index contributed by atoms with van der Waals surface area (Å²) in [6.45, 7) is -0.501. The van der Waals surface area contributed by atoms with E-state index in [9.17, 15) is 10.1 Å². The summed E-state index contributed by atoms with van der Waals surface area (Å²) < 4.78 is 21.6. The van der Waals surface area contributed by atoms with Crippen LogP contribution in [-0.2, 0) is 4.79 Å². The second-order valence-corrected chi connectivity index (χ2v) is 6.31. The average Bonchev–Trinajstić information content (AvgIpc) is 2.69. The number of nitrogens with zero attached hydrogens (tertiary/aromatic N) is 1. The smallest absolute Gasteiger partial charge is 0.341 e. The van der Waals surface area contributed by atoms with E-state index in [-0.39, 0.29) is 5.75 Å². The van der Waals surface area contributed by atoms with Gasteiger partial charge in [0.25, 0.3) is 0 Å². The lowest BCUT2D eigenvalue weighted by atomic mass is 10.0. The molecular weight excluding hydrogens is 430 g/mol. The highest BCUT2D eigenvalue weighted by atomic mass is 79.9. The van der Waals surface area contributed by atoms with Crippen LogP contribution in [0.5, 0.6) is 23.0 Å². The van der Waals surface area contributed by atoms with Gasteiger partial charge in [0, 0.05) is 0 Å². The van der Waals surface area contributed by atoms with Crippen molar-refractivity contribution in [3.8, 4) is 29.1 Å². The largest absolute Gasteiger partial charge is 0.493 e. The van der Waals surface area contributed by atoms with Crippen molar-refractivity contribution < 1.29 is 28.8 Å². The number of carbonyl (C=O) groups is 1. The molecule has 0 aliphatic carbocycles. The molecule has 28 heavy (non-hydrogen) atoms. The van der Waals surface area contributed by atoms with Gasteiger partial charge < -0.3 is 24.1 Å². The maximum absolute atomic E-state index is 10.7. The number of hydrogen-bond donors (Lipinski definition) is 1. The first kappa shape index (κ1) is 21.1. The van der Waals surface area contributed by atoms with Gasteiger partial charge in [-0.2, -0.15) is 5.26 Å². The van der Waals surface area contributed by atoms with Crippen molar-refractivity contribution in [2.45, 2.75) is 0 Å². The summed E-state index contributed by atoms with van der Waals surface area (Å²) in [6, 6.07) is 10.7. The molecule has 0 unspecified atom stereocenters. The van der Waals surface area contributed by atoms with Crippen molar-refractivity contribution in [3.05, 3.63) is 45.9 Å². The van der Waals surface area contributed by atoms with Crippen molar-refractivity contribution in [1.82, 2.24) is 0 Å². The first-order valence-corrected chi connectivity index (χ1v) is 8.79. The Morgan fingerprint density at radius 2 is 1.79 bits per heavy atom. The summed E-state index contributed by atoms with van der Waals surface area (Å²) in [6.07, 6.45) is 1.68. The molecule has 0 aliphatic heterocycles. The van der Waals surface area contributed by atoms with Crippen LogP contribution in [0.1, 0.15) is 11.1 Å². The SMILES string of the molecule is COc1ccc(/C(C#N)=C/c2cc(Br)c(OCC(=O)O)c(OC)c2)cc1OC. The minimum atomic E-state index is -1.10. The highest BCUT2D eigenvalue weighted by Gasteiger charge is 2.14. The predicted molar refractivity (Wildman–Crippen MR) is 107 cm³/mol. The first-order chi connectivity index (χ1) is 13.4. The maximum Gasteiger partial charge on any atom is 0.341 e. The number of nitriles is 1. The zero-order valence-electron chi connectivity index (χ0n) is 15.5. The molecule has 0 fully saturated rings. The van der Waals surface area contributed by atoms with Gasteiger partial charge in [0.2, 0.25) is 0 Å². The van der Waals surface area contributed by atoms with Gasteiger partial charge in [-0.3, -0.25) is 0 Å². The highest BCUT2D eigenvalue weighted by Crippen LogP contribution is 2.38. The van der Waals surface area contributed by atoms with Crippen LogP contribution in [-0.4, -0.2) is 39.0 Å². The number of hydrogen-bond acceptors (Lipinski definition) is 6. The molecule has 0 aliphatic rings. The Kier molecular flexibility index (Phi) is 7.29. The van der Waals surface area contributed by atoms with Crippen molar-refractivity contribution in [1.29, 1.82) is 5.26 Å². The van der Waals surface area contributed by atoms with Crippen molar-refractivity contribution in [3.63, 3.8) is 0 Å². The molecule has 0 radical (unpaired) electrons. The second-order valence-electron chi connectivity index (χ2n) is 5.46. The molecule has 0 heterocycles. The molecule has 0 saturated heterocycles. The van der Waals surface area contributed by atoms with E-state index >= 15 is 0 Å². The van der Waals surface area contributed by atoms with E-state index in [1.165, 1.54) is 21.3 Å². The Labute approximate surface area is 170 Å². The highest BCUT2D eigenvalue weighted by molar-refractivity contribution is 9.10. The van der Waals surface area contributed by atoms with E-state index in [4.69, 9.17) is 24.1 Å². The molecule has 1 N–H and O–H groups in total. The Morgan fingerprint density at radius 1 is 1.11 bits per heavy atom. The average molecular weight is 448 g/mol.